The highest BCUT2D eigenvalue weighted by Crippen LogP contribution is 2.21. The Morgan fingerprint density at radius 1 is 1.21 bits per heavy atom. The molecule has 1 atom stereocenters. The second-order valence-corrected chi connectivity index (χ2v) is 4.80. The number of halogens is 1. The number of carbonyl (C=O) groups is 1. The standard InChI is InChI=1S/C16H18FNO/c1-3-6-11(2)18-16(19)14-9-10-15(17)13-8-5-4-7-12(13)14/h4-5,7-11H,3,6H2,1-2H3,(H,18,19). The maximum absolute atomic E-state index is 13.7. The number of amides is 1. The van der Waals surface area contributed by atoms with Gasteiger partial charge in [-0.25, -0.2) is 4.39 Å². The molecule has 2 aromatic rings. The van der Waals surface area contributed by atoms with E-state index in [1.807, 2.05) is 13.0 Å². The molecule has 0 radical (unpaired) electrons. The summed E-state index contributed by atoms with van der Waals surface area (Å²) in [6, 6.07) is 10.1. The van der Waals surface area contributed by atoms with Gasteiger partial charge in [0, 0.05) is 17.0 Å². The molecule has 0 aliphatic carbocycles. The van der Waals surface area contributed by atoms with Gasteiger partial charge >= 0.3 is 0 Å². The molecule has 1 amide bonds. The van der Waals surface area contributed by atoms with E-state index in [1.165, 1.54) is 6.07 Å². The summed E-state index contributed by atoms with van der Waals surface area (Å²) in [7, 11) is 0. The average Bonchev–Trinajstić information content (AvgIpc) is 2.39. The molecular weight excluding hydrogens is 241 g/mol. The Morgan fingerprint density at radius 2 is 1.89 bits per heavy atom. The van der Waals surface area contributed by atoms with Gasteiger partial charge in [0.2, 0.25) is 0 Å². The summed E-state index contributed by atoms with van der Waals surface area (Å²) in [6.45, 7) is 4.06. The van der Waals surface area contributed by atoms with E-state index in [-0.39, 0.29) is 17.8 Å². The Hall–Kier alpha value is -1.90. The second-order valence-electron chi connectivity index (χ2n) is 4.80. The molecule has 0 aliphatic rings. The van der Waals surface area contributed by atoms with Crippen molar-refractivity contribution < 1.29 is 9.18 Å². The number of rotatable bonds is 4. The van der Waals surface area contributed by atoms with Gasteiger partial charge in [0.15, 0.2) is 0 Å². The predicted molar refractivity (Wildman–Crippen MR) is 75.7 cm³/mol. The fraction of sp³-hybridized carbons (Fsp3) is 0.312. The van der Waals surface area contributed by atoms with Gasteiger partial charge in [0.05, 0.1) is 0 Å². The molecule has 19 heavy (non-hydrogen) atoms. The zero-order valence-electron chi connectivity index (χ0n) is 11.2. The molecule has 0 heterocycles. The number of benzene rings is 2. The first kappa shape index (κ1) is 13.5. The number of fused-ring (bicyclic) bond motifs is 1. The highest BCUT2D eigenvalue weighted by atomic mass is 19.1. The van der Waals surface area contributed by atoms with Crippen molar-refractivity contribution in [2.75, 3.05) is 0 Å². The summed E-state index contributed by atoms with van der Waals surface area (Å²) in [4.78, 5) is 12.2. The molecule has 2 aromatic carbocycles. The van der Waals surface area contributed by atoms with Gasteiger partial charge in [0.1, 0.15) is 5.82 Å². The Labute approximate surface area is 112 Å². The van der Waals surface area contributed by atoms with Crippen LogP contribution in [0.15, 0.2) is 36.4 Å². The quantitative estimate of drug-likeness (QED) is 0.886. The van der Waals surface area contributed by atoms with E-state index in [4.69, 9.17) is 0 Å². The summed E-state index contributed by atoms with van der Waals surface area (Å²) in [5, 5.41) is 4.09. The van der Waals surface area contributed by atoms with Crippen molar-refractivity contribution in [1.82, 2.24) is 5.32 Å². The Bertz CT molecular complexity index is 594. The highest BCUT2D eigenvalue weighted by Gasteiger charge is 2.13. The van der Waals surface area contributed by atoms with Gasteiger partial charge in [-0.05, 0) is 30.9 Å². The Kier molecular flexibility index (Phi) is 4.15. The SMILES string of the molecule is CCCC(C)NC(=O)c1ccc(F)c2ccccc12. The number of carbonyl (C=O) groups excluding carboxylic acids is 1. The van der Waals surface area contributed by atoms with Crippen molar-refractivity contribution in [3.8, 4) is 0 Å². The van der Waals surface area contributed by atoms with Crippen molar-refractivity contribution in [1.29, 1.82) is 0 Å². The van der Waals surface area contributed by atoms with Gasteiger partial charge in [-0.15, -0.1) is 0 Å². The summed E-state index contributed by atoms with van der Waals surface area (Å²) in [5.74, 6) is -0.439. The molecular formula is C16H18FNO. The molecule has 0 bridgehead atoms. The molecule has 0 saturated carbocycles. The third kappa shape index (κ3) is 2.92. The van der Waals surface area contributed by atoms with Crippen molar-refractivity contribution in [2.24, 2.45) is 0 Å². The molecule has 0 saturated heterocycles. The third-order valence-corrected chi connectivity index (χ3v) is 3.21. The van der Waals surface area contributed by atoms with E-state index in [2.05, 4.69) is 12.2 Å². The van der Waals surface area contributed by atoms with Crippen LogP contribution in [0.5, 0.6) is 0 Å². The van der Waals surface area contributed by atoms with E-state index in [0.29, 0.717) is 16.3 Å². The third-order valence-electron chi connectivity index (χ3n) is 3.21. The average molecular weight is 259 g/mol. The van der Waals surface area contributed by atoms with Gasteiger partial charge < -0.3 is 5.32 Å². The molecule has 1 N–H and O–H groups in total. The zero-order chi connectivity index (χ0) is 13.8. The second kappa shape index (κ2) is 5.83. The molecule has 0 spiro atoms. The minimum Gasteiger partial charge on any atom is -0.350 e. The molecule has 0 aliphatic heterocycles. The van der Waals surface area contributed by atoms with E-state index < -0.39 is 0 Å². The van der Waals surface area contributed by atoms with Crippen molar-refractivity contribution in [3.05, 3.63) is 47.8 Å². The molecule has 3 heteroatoms. The summed E-state index contributed by atoms with van der Waals surface area (Å²) in [5.41, 5.74) is 0.528. The van der Waals surface area contributed by atoms with Crippen LogP contribution >= 0.6 is 0 Å². The first-order valence-corrected chi connectivity index (χ1v) is 6.61. The van der Waals surface area contributed by atoms with Gasteiger partial charge in [0.25, 0.3) is 5.91 Å². The normalized spacial score (nSPS) is 12.4. The van der Waals surface area contributed by atoms with Gasteiger partial charge in [-0.2, -0.15) is 0 Å². The molecule has 0 aromatic heterocycles. The van der Waals surface area contributed by atoms with E-state index in [9.17, 15) is 9.18 Å². The van der Waals surface area contributed by atoms with E-state index >= 15 is 0 Å². The molecule has 0 fully saturated rings. The predicted octanol–water partition coefficient (Wildman–Crippen LogP) is 3.90. The van der Waals surface area contributed by atoms with Gasteiger partial charge in [-0.1, -0.05) is 37.6 Å². The highest BCUT2D eigenvalue weighted by molar-refractivity contribution is 6.07. The summed E-state index contributed by atoms with van der Waals surface area (Å²) >= 11 is 0. The van der Waals surface area contributed by atoms with Crippen molar-refractivity contribution in [3.63, 3.8) is 0 Å². The zero-order valence-corrected chi connectivity index (χ0v) is 11.2. The van der Waals surface area contributed by atoms with Crippen LogP contribution in [0.25, 0.3) is 10.8 Å². The lowest BCUT2D eigenvalue weighted by Gasteiger charge is -2.14. The summed E-state index contributed by atoms with van der Waals surface area (Å²) in [6.07, 6.45) is 1.95. The first-order valence-electron chi connectivity index (χ1n) is 6.61. The van der Waals surface area contributed by atoms with Crippen LogP contribution in [0.1, 0.15) is 37.0 Å². The molecule has 2 nitrogen and oxygen atoms in total. The number of hydrogen-bond donors (Lipinski definition) is 1. The van der Waals surface area contributed by atoms with Crippen molar-refractivity contribution >= 4 is 16.7 Å². The van der Waals surface area contributed by atoms with E-state index in [1.54, 1.807) is 24.3 Å². The largest absolute Gasteiger partial charge is 0.350 e. The number of nitrogens with one attached hydrogen (secondary N) is 1. The van der Waals surface area contributed by atoms with Crippen LogP contribution < -0.4 is 5.32 Å². The molecule has 1 unspecified atom stereocenters. The molecule has 2 rings (SSSR count). The Morgan fingerprint density at radius 3 is 2.58 bits per heavy atom. The lowest BCUT2D eigenvalue weighted by molar-refractivity contribution is 0.0940. The smallest absolute Gasteiger partial charge is 0.252 e. The fourth-order valence-electron chi connectivity index (χ4n) is 2.27. The van der Waals surface area contributed by atoms with Gasteiger partial charge in [-0.3, -0.25) is 4.79 Å². The lowest BCUT2D eigenvalue weighted by atomic mass is 10.0. The van der Waals surface area contributed by atoms with Crippen LogP contribution in [0.4, 0.5) is 4.39 Å². The lowest BCUT2D eigenvalue weighted by Crippen LogP contribution is -2.32. The minimum absolute atomic E-state index is 0.126. The van der Waals surface area contributed by atoms with E-state index in [0.717, 1.165) is 12.8 Å². The number of hydrogen-bond acceptors (Lipinski definition) is 1. The monoisotopic (exact) mass is 259 g/mol. The summed E-state index contributed by atoms with van der Waals surface area (Å²) < 4.78 is 13.7. The minimum atomic E-state index is -0.297. The van der Waals surface area contributed by atoms with Crippen LogP contribution in [0, 0.1) is 5.82 Å². The Balaban J connectivity index is 2.35. The topological polar surface area (TPSA) is 29.1 Å². The van der Waals surface area contributed by atoms with Crippen LogP contribution in [0.3, 0.4) is 0 Å². The van der Waals surface area contributed by atoms with Crippen LogP contribution in [-0.4, -0.2) is 11.9 Å². The maximum atomic E-state index is 13.7. The van der Waals surface area contributed by atoms with Crippen molar-refractivity contribution in [2.45, 2.75) is 32.7 Å². The van der Waals surface area contributed by atoms with Crippen LogP contribution in [0.2, 0.25) is 0 Å². The first-order chi connectivity index (χ1) is 9.13. The van der Waals surface area contributed by atoms with Crippen LogP contribution in [-0.2, 0) is 0 Å². The maximum Gasteiger partial charge on any atom is 0.252 e. The molecule has 100 valence electrons. The fourth-order valence-corrected chi connectivity index (χ4v) is 2.27.